The van der Waals surface area contributed by atoms with Crippen LogP contribution in [-0.4, -0.2) is 30.5 Å². The molecule has 0 spiro atoms. The largest absolute Gasteiger partial charge is 0.338 e. The molecule has 1 aromatic heterocycles. The number of rotatable bonds is 5. The van der Waals surface area contributed by atoms with Gasteiger partial charge in [0, 0.05) is 23.1 Å². The first kappa shape index (κ1) is 22.7. The van der Waals surface area contributed by atoms with E-state index >= 15 is 0 Å². The van der Waals surface area contributed by atoms with Crippen LogP contribution in [0.25, 0.3) is 22.4 Å². The number of anilines is 1. The Morgan fingerprint density at radius 3 is 2.24 bits per heavy atom. The summed E-state index contributed by atoms with van der Waals surface area (Å²) in [5.41, 5.74) is 8.69. The number of carbonyl (C=O) groups is 1. The molecule has 1 amide bonds. The van der Waals surface area contributed by atoms with Crippen molar-refractivity contribution in [1.29, 1.82) is 0 Å². The summed E-state index contributed by atoms with van der Waals surface area (Å²) < 4.78 is 23.4. The Hall–Kier alpha value is -3.45. The molecule has 170 valence electrons. The van der Waals surface area contributed by atoms with Crippen molar-refractivity contribution >= 4 is 32.5 Å². The zero-order valence-corrected chi connectivity index (χ0v) is 20.2. The topological polar surface area (TPSA) is 91.9 Å². The van der Waals surface area contributed by atoms with Gasteiger partial charge in [0.05, 0.1) is 16.8 Å². The number of carbonyl (C=O) groups excluding carboxylic acids is 1. The number of hydrogen-bond acceptors (Lipinski definition) is 4. The van der Waals surface area contributed by atoms with Crippen LogP contribution in [0.15, 0.2) is 48.5 Å². The van der Waals surface area contributed by atoms with E-state index in [1.807, 2.05) is 64.1 Å². The summed E-state index contributed by atoms with van der Waals surface area (Å²) in [6.45, 7) is 7.95. The quantitative estimate of drug-likeness (QED) is 0.424. The lowest BCUT2D eigenvalue weighted by molar-refractivity contribution is 0.102. The number of nitrogens with one attached hydrogen (secondary N) is 2. The number of imidazole rings is 1. The predicted molar refractivity (Wildman–Crippen MR) is 133 cm³/mol. The summed E-state index contributed by atoms with van der Waals surface area (Å²) >= 11 is 0. The number of hydrogen-bond donors (Lipinski definition) is 2. The normalized spacial score (nSPS) is 11.7. The van der Waals surface area contributed by atoms with Crippen molar-refractivity contribution < 1.29 is 13.2 Å². The van der Waals surface area contributed by atoms with Gasteiger partial charge in [-0.05, 0) is 85.8 Å². The van der Waals surface area contributed by atoms with E-state index in [1.165, 1.54) is 11.8 Å². The fourth-order valence-corrected chi connectivity index (χ4v) is 4.88. The Kier molecular flexibility index (Phi) is 5.84. The van der Waals surface area contributed by atoms with E-state index in [4.69, 9.17) is 4.98 Å². The van der Waals surface area contributed by atoms with Crippen LogP contribution in [0.1, 0.15) is 38.2 Å². The number of aromatic nitrogens is 2. The average molecular weight is 462 g/mol. The molecule has 0 unspecified atom stereocenters. The molecule has 3 aromatic carbocycles. The monoisotopic (exact) mass is 461 g/mol. The molecule has 0 saturated carbocycles. The molecule has 0 aliphatic heterocycles. The summed E-state index contributed by atoms with van der Waals surface area (Å²) in [7, 11) is -3.11. The third kappa shape index (κ3) is 4.98. The van der Waals surface area contributed by atoms with Crippen molar-refractivity contribution in [1.82, 2.24) is 9.97 Å². The van der Waals surface area contributed by atoms with Crippen LogP contribution >= 0.6 is 0 Å². The highest BCUT2D eigenvalue weighted by molar-refractivity contribution is 7.89. The van der Waals surface area contributed by atoms with E-state index in [1.54, 1.807) is 12.1 Å². The Balaban J connectivity index is 1.64. The van der Waals surface area contributed by atoms with Crippen LogP contribution in [-0.2, 0) is 15.6 Å². The van der Waals surface area contributed by atoms with Crippen molar-refractivity contribution in [3.05, 3.63) is 81.9 Å². The number of benzene rings is 3. The van der Waals surface area contributed by atoms with Gasteiger partial charge in [0.15, 0.2) is 9.84 Å². The second kappa shape index (κ2) is 8.48. The molecule has 6 nitrogen and oxygen atoms in total. The van der Waals surface area contributed by atoms with Crippen LogP contribution in [0.2, 0.25) is 0 Å². The van der Waals surface area contributed by atoms with Gasteiger partial charge in [-0.2, -0.15) is 0 Å². The Morgan fingerprint density at radius 2 is 1.61 bits per heavy atom. The molecule has 33 heavy (non-hydrogen) atoms. The molecule has 0 aliphatic carbocycles. The van der Waals surface area contributed by atoms with Gasteiger partial charge in [0.2, 0.25) is 0 Å². The van der Waals surface area contributed by atoms with E-state index in [2.05, 4.69) is 10.3 Å². The third-order valence-electron chi connectivity index (χ3n) is 5.77. The minimum atomic E-state index is -3.11. The molecule has 0 fully saturated rings. The van der Waals surface area contributed by atoms with Gasteiger partial charge in [-0.25, -0.2) is 13.4 Å². The maximum absolute atomic E-state index is 12.8. The number of aryl methyl sites for hydroxylation is 4. The predicted octanol–water partition coefficient (Wildman–Crippen LogP) is 5.26. The Bertz CT molecular complexity index is 1480. The fraction of sp³-hybridized carbons (Fsp3) is 0.231. The standard InChI is InChI=1S/C26H27N3O3S/c1-15-6-8-21(12-16(15)2)27-26(30)20-7-9-22-23(13-20)29-25(28-22)24-17(3)10-19(11-18(24)4)14-33(5,31)32/h6-13H,14H2,1-5H3,(H,27,30)(H,28,29). The maximum Gasteiger partial charge on any atom is 0.255 e. The van der Waals surface area contributed by atoms with Crippen LogP contribution in [0.3, 0.4) is 0 Å². The first-order chi connectivity index (χ1) is 15.5. The summed E-state index contributed by atoms with van der Waals surface area (Å²) in [5, 5.41) is 2.95. The highest BCUT2D eigenvalue weighted by Gasteiger charge is 2.15. The molecule has 4 rings (SSSR count). The van der Waals surface area contributed by atoms with Gasteiger partial charge in [-0.15, -0.1) is 0 Å². The second-order valence-electron chi connectivity index (χ2n) is 8.75. The number of H-pyrrole nitrogens is 1. The molecule has 2 N–H and O–H groups in total. The van der Waals surface area contributed by atoms with Crippen LogP contribution < -0.4 is 5.32 Å². The molecule has 0 aliphatic rings. The van der Waals surface area contributed by atoms with E-state index in [9.17, 15) is 13.2 Å². The number of amides is 1. The minimum absolute atomic E-state index is 0.00801. The van der Waals surface area contributed by atoms with Crippen LogP contribution in [0.5, 0.6) is 0 Å². The summed E-state index contributed by atoms with van der Waals surface area (Å²) in [5.74, 6) is 0.514. The lowest BCUT2D eigenvalue weighted by Gasteiger charge is -2.10. The molecule has 1 heterocycles. The lowest BCUT2D eigenvalue weighted by atomic mass is 9.99. The minimum Gasteiger partial charge on any atom is -0.338 e. The molecular weight excluding hydrogens is 434 g/mol. The molecule has 4 aromatic rings. The number of nitrogens with zero attached hydrogens (tertiary/aromatic N) is 1. The number of sulfone groups is 1. The van der Waals surface area contributed by atoms with E-state index in [0.717, 1.165) is 44.5 Å². The zero-order chi connectivity index (χ0) is 23.9. The number of aromatic amines is 1. The van der Waals surface area contributed by atoms with Gasteiger partial charge >= 0.3 is 0 Å². The van der Waals surface area contributed by atoms with Gasteiger partial charge in [0.25, 0.3) is 5.91 Å². The molecule has 0 radical (unpaired) electrons. The van der Waals surface area contributed by atoms with E-state index in [0.29, 0.717) is 11.4 Å². The van der Waals surface area contributed by atoms with Gasteiger partial charge in [-0.3, -0.25) is 4.79 Å². The molecule has 0 atom stereocenters. The van der Waals surface area contributed by atoms with Gasteiger partial charge in [0.1, 0.15) is 5.82 Å². The zero-order valence-electron chi connectivity index (χ0n) is 19.4. The number of fused-ring (bicyclic) bond motifs is 1. The van der Waals surface area contributed by atoms with Crippen molar-refractivity contribution in [2.75, 3.05) is 11.6 Å². The second-order valence-corrected chi connectivity index (χ2v) is 10.9. The highest BCUT2D eigenvalue weighted by atomic mass is 32.2. The van der Waals surface area contributed by atoms with Crippen molar-refractivity contribution in [2.45, 2.75) is 33.4 Å². The van der Waals surface area contributed by atoms with Crippen molar-refractivity contribution in [3.63, 3.8) is 0 Å². The first-order valence-corrected chi connectivity index (χ1v) is 12.7. The maximum atomic E-state index is 12.8. The summed E-state index contributed by atoms with van der Waals surface area (Å²) in [6, 6.07) is 15.0. The fourth-order valence-electron chi connectivity index (χ4n) is 4.10. The third-order valence-corrected chi connectivity index (χ3v) is 6.62. The van der Waals surface area contributed by atoms with Crippen LogP contribution in [0, 0.1) is 27.7 Å². The Morgan fingerprint density at radius 1 is 0.909 bits per heavy atom. The first-order valence-electron chi connectivity index (χ1n) is 10.7. The van der Waals surface area contributed by atoms with E-state index in [-0.39, 0.29) is 11.7 Å². The smallest absolute Gasteiger partial charge is 0.255 e. The van der Waals surface area contributed by atoms with Crippen molar-refractivity contribution in [3.8, 4) is 11.4 Å². The summed E-state index contributed by atoms with van der Waals surface area (Å²) in [4.78, 5) is 20.8. The molecule has 0 saturated heterocycles. The van der Waals surface area contributed by atoms with E-state index < -0.39 is 9.84 Å². The molecule has 0 bridgehead atoms. The Labute approximate surface area is 194 Å². The van der Waals surface area contributed by atoms with Gasteiger partial charge < -0.3 is 10.3 Å². The SMILES string of the molecule is Cc1ccc(NC(=O)c2ccc3nc(-c4c(C)cc(CS(C)(=O)=O)cc4C)[nH]c3c2)cc1C. The van der Waals surface area contributed by atoms with Crippen molar-refractivity contribution in [2.24, 2.45) is 0 Å². The van der Waals surface area contributed by atoms with Crippen LogP contribution in [0.4, 0.5) is 5.69 Å². The lowest BCUT2D eigenvalue weighted by Crippen LogP contribution is -2.11. The average Bonchev–Trinajstić information content (AvgIpc) is 3.11. The molecule has 7 heteroatoms. The molecular formula is C26H27N3O3S. The van der Waals surface area contributed by atoms with Gasteiger partial charge in [-0.1, -0.05) is 18.2 Å². The highest BCUT2D eigenvalue weighted by Crippen LogP contribution is 2.29. The summed E-state index contributed by atoms with van der Waals surface area (Å²) in [6.07, 6.45) is 1.23.